The van der Waals surface area contributed by atoms with E-state index in [1.807, 2.05) is 72.4 Å². The van der Waals surface area contributed by atoms with Crippen LogP contribution in [0.15, 0.2) is 204 Å². The van der Waals surface area contributed by atoms with Crippen molar-refractivity contribution in [3.8, 4) is 56.4 Å². The molecule has 2 heterocycles. The third-order valence-electron chi connectivity index (χ3n) is 9.92. The molecule has 0 atom stereocenters. The Morgan fingerprint density at radius 1 is 0.333 bits per heavy atom. The Bertz CT molecular complexity index is 2680. The second-order valence-electron chi connectivity index (χ2n) is 13.2. The van der Waals surface area contributed by atoms with E-state index >= 15 is 0 Å². The lowest BCUT2D eigenvalue weighted by Gasteiger charge is -2.26. The minimum absolute atomic E-state index is 0.656. The van der Waals surface area contributed by atoms with Gasteiger partial charge in [-0.25, -0.2) is 15.0 Å². The maximum Gasteiger partial charge on any atom is 0.164 e. The van der Waals surface area contributed by atoms with Gasteiger partial charge in [0.2, 0.25) is 0 Å². The molecule has 4 nitrogen and oxygen atoms in total. The summed E-state index contributed by atoms with van der Waals surface area (Å²) in [6.07, 6.45) is 0. The maximum absolute atomic E-state index is 5.10. The van der Waals surface area contributed by atoms with Gasteiger partial charge in [0.05, 0.1) is 0 Å². The van der Waals surface area contributed by atoms with Gasteiger partial charge in [0, 0.05) is 54.5 Å². The molecule has 0 radical (unpaired) electrons. The van der Waals surface area contributed by atoms with Gasteiger partial charge in [-0.1, -0.05) is 151 Å². The average molecular weight is 709 g/mol. The molecule has 8 aromatic carbocycles. The highest BCUT2D eigenvalue weighted by molar-refractivity contribution is 7.99. The van der Waals surface area contributed by atoms with Gasteiger partial charge in [0.1, 0.15) is 0 Å². The van der Waals surface area contributed by atoms with Crippen LogP contribution in [-0.2, 0) is 0 Å². The van der Waals surface area contributed by atoms with E-state index in [2.05, 4.69) is 138 Å². The predicted octanol–water partition coefficient (Wildman–Crippen LogP) is 13.3. The standard InChI is InChI=1S/C49H32N4S/c1-5-15-34(16-6-1)47-50-48(35-17-7-2-8-18-35)52-49(51-47)41-31-32-44-46-40(41)24-13-25-42(46)45-39(23-14-26-43(45)54-44)33-27-29-38(30-28-33)53(36-19-9-3-10-20-36)37-21-11-4-12-22-37/h1-32H. The lowest BCUT2D eigenvalue weighted by molar-refractivity contribution is 1.08. The number of rotatable bonds is 7. The first-order valence-electron chi connectivity index (χ1n) is 18.0. The fraction of sp³-hybridized carbons (Fsp3) is 0. The van der Waals surface area contributed by atoms with Crippen molar-refractivity contribution in [1.82, 2.24) is 15.0 Å². The Morgan fingerprint density at radius 3 is 1.46 bits per heavy atom. The highest BCUT2D eigenvalue weighted by atomic mass is 32.2. The summed E-state index contributed by atoms with van der Waals surface area (Å²) in [7, 11) is 0. The molecule has 0 bridgehead atoms. The van der Waals surface area contributed by atoms with Crippen LogP contribution in [0, 0.1) is 0 Å². The number of anilines is 3. The summed E-state index contributed by atoms with van der Waals surface area (Å²) in [5, 5.41) is 2.35. The first-order valence-corrected chi connectivity index (χ1v) is 18.9. The smallest absolute Gasteiger partial charge is 0.164 e. The predicted molar refractivity (Wildman–Crippen MR) is 223 cm³/mol. The Labute approximate surface area is 318 Å². The Kier molecular flexibility index (Phi) is 8.04. The van der Waals surface area contributed by atoms with E-state index in [0.717, 1.165) is 39.1 Å². The number of nitrogens with zero attached hydrogens (tertiary/aromatic N) is 4. The van der Waals surface area contributed by atoms with Gasteiger partial charge in [0.15, 0.2) is 17.5 Å². The zero-order valence-electron chi connectivity index (χ0n) is 29.2. The van der Waals surface area contributed by atoms with Crippen molar-refractivity contribution in [2.75, 3.05) is 4.90 Å². The zero-order chi connectivity index (χ0) is 35.8. The van der Waals surface area contributed by atoms with Crippen molar-refractivity contribution in [2.24, 2.45) is 0 Å². The molecule has 254 valence electrons. The summed E-state index contributed by atoms with van der Waals surface area (Å²) in [5.41, 5.74) is 11.1. The molecule has 9 aromatic rings. The van der Waals surface area contributed by atoms with E-state index < -0.39 is 0 Å². The second kappa shape index (κ2) is 13.6. The second-order valence-corrected chi connectivity index (χ2v) is 14.3. The van der Waals surface area contributed by atoms with Gasteiger partial charge in [-0.2, -0.15) is 0 Å². The normalized spacial score (nSPS) is 11.6. The third kappa shape index (κ3) is 5.72. The molecule has 0 N–H and O–H groups in total. The minimum Gasteiger partial charge on any atom is -0.311 e. The molecule has 1 aliphatic heterocycles. The van der Waals surface area contributed by atoms with Crippen LogP contribution in [0.4, 0.5) is 17.1 Å². The highest BCUT2D eigenvalue weighted by Gasteiger charge is 2.25. The quantitative estimate of drug-likeness (QED) is 0.165. The van der Waals surface area contributed by atoms with Crippen LogP contribution < -0.4 is 4.90 Å². The lowest BCUT2D eigenvalue weighted by Crippen LogP contribution is -2.09. The molecular weight excluding hydrogens is 677 g/mol. The molecule has 0 amide bonds. The van der Waals surface area contributed by atoms with Crippen LogP contribution >= 0.6 is 11.8 Å². The van der Waals surface area contributed by atoms with Crippen LogP contribution in [0.25, 0.3) is 67.2 Å². The van der Waals surface area contributed by atoms with Crippen LogP contribution in [0.5, 0.6) is 0 Å². The molecule has 0 spiro atoms. The van der Waals surface area contributed by atoms with E-state index in [-0.39, 0.29) is 0 Å². The van der Waals surface area contributed by atoms with Crippen molar-refractivity contribution in [3.63, 3.8) is 0 Å². The number of aromatic nitrogens is 3. The SMILES string of the molecule is c1ccc(-c2nc(-c3ccccc3)nc(-c3ccc4c5c(cccc35)-c3c(cccc3-c3ccc(N(c5ccccc5)c5ccccc5)cc3)S4)n2)cc1. The van der Waals surface area contributed by atoms with Crippen molar-refractivity contribution >= 4 is 39.6 Å². The van der Waals surface area contributed by atoms with Crippen LogP contribution in [0.3, 0.4) is 0 Å². The highest BCUT2D eigenvalue weighted by Crippen LogP contribution is 2.52. The number of para-hydroxylation sites is 2. The maximum atomic E-state index is 5.10. The molecule has 10 rings (SSSR count). The number of benzene rings is 8. The van der Waals surface area contributed by atoms with E-state index in [1.165, 1.54) is 37.4 Å². The van der Waals surface area contributed by atoms with Crippen LogP contribution in [0.1, 0.15) is 0 Å². The summed E-state index contributed by atoms with van der Waals surface area (Å²) in [6, 6.07) is 68.0. The summed E-state index contributed by atoms with van der Waals surface area (Å²) in [4.78, 5) is 19.9. The number of hydrogen-bond donors (Lipinski definition) is 0. The first-order chi connectivity index (χ1) is 26.8. The average Bonchev–Trinajstić information content (AvgIpc) is 3.25. The lowest BCUT2D eigenvalue weighted by atomic mass is 9.89. The molecule has 0 saturated heterocycles. The molecule has 1 aliphatic rings. The van der Waals surface area contributed by atoms with Crippen molar-refractivity contribution in [1.29, 1.82) is 0 Å². The third-order valence-corrected chi connectivity index (χ3v) is 11.0. The summed E-state index contributed by atoms with van der Waals surface area (Å²) in [6.45, 7) is 0. The topological polar surface area (TPSA) is 41.9 Å². The Balaban J connectivity index is 1.10. The fourth-order valence-electron chi connectivity index (χ4n) is 7.44. The number of hydrogen-bond acceptors (Lipinski definition) is 5. The van der Waals surface area contributed by atoms with E-state index in [1.54, 1.807) is 0 Å². The Morgan fingerprint density at radius 2 is 0.852 bits per heavy atom. The molecule has 0 saturated carbocycles. The van der Waals surface area contributed by atoms with Crippen LogP contribution in [0.2, 0.25) is 0 Å². The molecular formula is C49H32N4S. The van der Waals surface area contributed by atoms with E-state index in [0.29, 0.717) is 17.5 Å². The van der Waals surface area contributed by atoms with E-state index in [4.69, 9.17) is 15.0 Å². The van der Waals surface area contributed by atoms with Gasteiger partial charge in [-0.3, -0.25) is 0 Å². The van der Waals surface area contributed by atoms with Crippen molar-refractivity contribution in [2.45, 2.75) is 9.79 Å². The number of fused-ring (bicyclic) bond motifs is 2. The zero-order valence-corrected chi connectivity index (χ0v) is 30.0. The monoisotopic (exact) mass is 708 g/mol. The fourth-order valence-corrected chi connectivity index (χ4v) is 8.60. The van der Waals surface area contributed by atoms with Gasteiger partial charge in [0.25, 0.3) is 0 Å². The summed E-state index contributed by atoms with van der Waals surface area (Å²) < 4.78 is 0. The van der Waals surface area contributed by atoms with Crippen molar-refractivity contribution in [3.05, 3.63) is 194 Å². The first kappa shape index (κ1) is 31.9. The molecule has 0 aliphatic carbocycles. The molecule has 0 unspecified atom stereocenters. The molecule has 0 fully saturated rings. The summed E-state index contributed by atoms with van der Waals surface area (Å²) in [5.74, 6) is 1.97. The summed E-state index contributed by atoms with van der Waals surface area (Å²) >= 11 is 1.83. The minimum atomic E-state index is 0.656. The molecule has 1 aromatic heterocycles. The van der Waals surface area contributed by atoms with Gasteiger partial charge < -0.3 is 4.90 Å². The molecule has 54 heavy (non-hydrogen) atoms. The van der Waals surface area contributed by atoms with Crippen LogP contribution in [-0.4, -0.2) is 15.0 Å². The molecule has 5 heteroatoms. The van der Waals surface area contributed by atoms with Crippen molar-refractivity contribution < 1.29 is 0 Å². The Hall–Kier alpha value is -6.82. The van der Waals surface area contributed by atoms with Gasteiger partial charge in [-0.15, -0.1) is 0 Å². The van der Waals surface area contributed by atoms with E-state index in [9.17, 15) is 0 Å². The van der Waals surface area contributed by atoms with Gasteiger partial charge >= 0.3 is 0 Å². The van der Waals surface area contributed by atoms with Gasteiger partial charge in [-0.05, 0) is 76.7 Å². The largest absolute Gasteiger partial charge is 0.311 e.